The Morgan fingerprint density at radius 3 is 2.46 bits per heavy atom. The number of likely N-dealkylation sites (N-methyl/N-ethyl adjacent to an activating group) is 1. The molecule has 1 saturated heterocycles. The lowest BCUT2D eigenvalue weighted by Gasteiger charge is -2.33. The molecule has 0 aliphatic carbocycles. The number of hydrogen-bond acceptors (Lipinski definition) is 5. The van der Waals surface area contributed by atoms with E-state index >= 15 is 0 Å². The molecule has 0 aromatic heterocycles. The predicted octanol–water partition coefficient (Wildman–Crippen LogP) is 2.62. The van der Waals surface area contributed by atoms with E-state index in [2.05, 4.69) is 28.2 Å². The molecule has 6 heteroatoms. The molecule has 1 atom stereocenters. The minimum absolute atomic E-state index is 0.318. The van der Waals surface area contributed by atoms with Crippen LogP contribution in [0.4, 0.5) is 0 Å². The van der Waals surface area contributed by atoms with Crippen LogP contribution in [0.2, 0.25) is 5.02 Å². The molecule has 0 bridgehead atoms. The lowest BCUT2D eigenvalue weighted by atomic mass is 10.2. The molecule has 2 aromatic rings. The van der Waals surface area contributed by atoms with Crippen LogP contribution in [0.3, 0.4) is 0 Å². The first-order valence-electron chi connectivity index (χ1n) is 9.84. The van der Waals surface area contributed by atoms with Crippen LogP contribution < -0.4 is 10.1 Å². The van der Waals surface area contributed by atoms with Gasteiger partial charge in [-0.3, -0.25) is 4.90 Å². The van der Waals surface area contributed by atoms with E-state index < -0.39 is 6.10 Å². The largest absolute Gasteiger partial charge is 0.491 e. The van der Waals surface area contributed by atoms with Crippen LogP contribution in [0, 0.1) is 0 Å². The number of ether oxygens (including phenoxy) is 1. The number of β-amino-alcohol motifs (C(OH)–C–C–N with tert-alkyl or cyclic N) is 1. The first kappa shape index (κ1) is 21.1. The lowest BCUT2D eigenvalue weighted by Crippen LogP contribution is -2.47. The fraction of sp³-hybridized carbons (Fsp3) is 0.455. The van der Waals surface area contributed by atoms with Crippen LogP contribution in [0.1, 0.15) is 11.1 Å². The number of hydrogen-bond donors (Lipinski definition) is 2. The summed E-state index contributed by atoms with van der Waals surface area (Å²) >= 11 is 6.01. The second-order valence-electron chi connectivity index (χ2n) is 7.45. The maximum absolute atomic E-state index is 10.2. The molecule has 0 spiro atoms. The van der Waals surface area contributed by atoms with Gasteiger partial charge in [0, 0.05) is 50.8 Å². The molecule has 1 fully saturated rings. The summed E-state index contributed by atoms with van der Waals surface area (Å²) in [7, 11) is 2.13. The maximum Gasteiger partial charge on any atom is 0.119 e. The Morgan fingerprint density at radius 2 is 1.75 bits per heavy atom. The number of nitrogens with one attached hydrogen (secondary N) is 1. The average molecular weight is 404 g/mol. The van der Waals surface area contributed by atoms with Crippen molar-refractivity contribution in [3.63, 3.8) is 0 Å². The quantitative estimate of drug-likeness (QED) is 0.674. The van der Waals surface area contributed by atoms with Gasteiger partial charge in [0.1, 0.15) is 18.5 Å². The van der Waals surface area contributed by atoms with Crippen molar-refractivity contribution < 1.29 is 9.84 Å². The summed E-state index contributed by atoms with van der Waals surface area (Å²) in [5, 5.41) is 14.4. The van der Waals surface area contributed by atoms with Gasteiger partial charge in [0.25, 0.3) is 0 Å². The van der Waals surface area contributed by atoms with E-state index in [4.69, 9.17) is 16.3 Å². The normalized spacial score (nSPS) is 16.8. The van der Waals surface area contributed by atoms with Crippen molar-refractivity contribution in [3.05, 3.63) is 64.7 Å². The molecular formula is C22H30ClN3O2. The highest BCUT2D eigenvalue weighted by molar-refractivity contribution is 6.30. The van der Waals surface area contributed by atoms with Crippen LogP contribution in [0.5, 0.6) is 5.75 Å². The molecule has 152 valence electrons. The van der Waals surface area contributed by atoms with Gasteiger partial charge < -0.3 is 20.1 Å². The summed E-state index contributed by atoms with van der Waals surface area (Å²) in [5.41, 5.74) is 2.36. The zero-order valence-corrected chi connectivity index (χ0v) is 17.2. The molecule has 0 radical (unpaired) electrons. The Morgan fingerprint density at radius 1 is 1.04 bits per heavy atom. The van der Waals surface area contributed by atoms with Crippen molar-refractivity contribution in [2.45, 2.75) is 19.2 Å². The second-order valence-corrected chi connectivity index (χ2v) is 7.88. The molecular weight excluding hydrogens is 374 g/mol. The minimum atomic E-state index is -0.470. The molecule has 1 aliphatic heterocycles. The summed E-state index contributed by atoms with van der Waals surface area (Å²) in [6, 6.07) is 15.9. The Balaban J connectivity index is 1.35. The highest BCUT2D eigenvalue weighted by atomic mass is 35.5. The third-order valence-electron chi connectivity index (χ3n) is 4.98. The van der Waals surface area contributed by atoms with E-state index in [1.54, 1.807) is 0 Å². The number of aliphatic hydroxyl groups is 1. The van der Waals surface area contributed by atoms with Crippen LogP contribution >= 0.6 is 11.6 Å². The highest BCUT2D eigenvalue weighted by Gasteiger charge is 2.17. The molecule has 0 amide bonds. The van der Waals surface area contributed by atoms with Crippen LogP contribution in [0.25, 0.3) is 0 Å². The van der Waals surface area contributed by atoms with Crippen molar-refractivity contribution >= 4 is 11.6 Å². The molecule has 2 aromatic carbocycles. The molecule has 0 saturated carbocycles. The number of halogens is 1. The van der Waals surface area contributed by atoms with Gasteiger partial charge in [-0.2, -0.15) is 0 Å². The third kappa shape index (κ3) is 7.08. The zero-order chi connectivity index (χ0) is 19.8. The van der Waals surface area contributed by atoms with E-state index in [0.717, 1.165) is 50.0 Å². The molecule has 1 unspecified atom stereocenters. The van der Waals surface area contributed by atoms with E-state index in [0.29, 0.717) is 13.2 Å². The Hall–Kier alpha value is -1.63. The topological polar surface area (TPSA) is 48.0 Å². The fourth-order valence-electron chi connectivity index (χ4n) is 3.28. The van der Waals surface area contributed by atoms with Gasteiger partial charge in [-0.15, -0.1) is 0 Å². The van der Waals surface area contributed by atoms with Crippen molar-refractivity contribution in [2.24, 2.45) is 0 Å². The average Bonchev–Trinajstić information content (AvgIpc) is 2.69. The Bertz CT molecular complexity index is 718. The number of piperazine rings is 1. The van der Waals surface area contributed by atoms with E-state index in [1.807, 2.05) is 42.5 Å². The smallest absolute Gasteiger partial charge is 0.119 e. The Labute approximate surface area is 172 Å². The van der Waals surface area contributed by atoms with E-state index in [9.17, 15) is 5.11 Å². The maximum atomic E-state index is 10.2. The SMILES string of the molecule is CN1CCN(CC(O)COc2ccc(CNCc3cccc(Cl)c3)cc2)CC1. The molecule has 1 aliphatic rings. The molecule has 28 heavy (non-hydrogen) atoms. The van der Waals surface area contributed by atoms with Crippen LogP contribution in [-0.4, -0.2) is 67.4 Å². The zero-order valence-electron chi connectivity index (χ0n) is 16.5. The van der Waals surface area contributed by atoms with E-state index in [-0.39, 0.29) is 0 Å². The van der Waals surface area contributed by atoms with Gasteiger partial charge in [0.2, 0.25) is 0 Å². The van der Waals surface area contributed by atoms with Gasteiger partial charge in [0.15, 0.2) is 0 Å². The number of nitrogens with zero attached hydrogens (tertiary/aromatic N) is 2. The van der Waals surface area contributed by atoms with Crippen molar-refractivity contribution in [1.29, 1.82) is 0 Å². The molecule has 2 N–H and O–H groups in total. The first-order chi connectivity index (χ1) is 13.6. The summed E-state index contributed by atoms with van der Waals surface area (Å²) in [4.78, 5) is 4.60. The van der Waals surface area contributed by atoms with Crippen LogP contribution in [-0.2, 0) is 13.1 Å². The monoisotopic (exact) mass is 403 g/mol. The number of rotatable bonds is 9. The van der Waals surface area contributed by atoms with Gasteiger partial charge in [-0.05, 0) is 42.4 Å². The predicted molar refractivity (Wildman–Crippen MR) is 114 cm³/mol. The number of benzene rings is 2. The summed E-state index contributed by atoms with van der Waals surface area (Å²) in [6.07, 6.45) is -0.470. The molecule has 5 nitrogen and oxygen atoms in total. The van der Waals surface area contributed by atoms with E-state index in [1.165, 1.54) is 11.1 Å². The number of aliphatic hydroxyl groups excluding tert-OH is 1. The second kappa shape index (κ2) is 10.8. The molecule has 1 heterocycles. The lowest BCUT2D eigenvalue weighted by molar-refractivity contribution is 0.0505. The standard InChI is InChI=1S/C22H30ClN3O2/c1-25-9-11-26(12-10-25)16-21(27)17-28-22-7-5-18(6-8-22)14-24-15-19-3-2-4-20(23)13-19/h2-8,13,21,24,27H,9-12,14-17H2,1H3. The van der Waals surface area contributed by atoms with Crippen molar-refractivity contribution in [2.75, 3.05) is 46.4 Å². The third-order valence-corrected chi connectivity index (χ3v) is 5.21. The van der Waals surface area contributed by atoms with Gasteiger partial charge in [-0.25, -0.2) is 0 Å². The van der Waals surface area contributed by atoms with Crippen LogP contribution in [0.15, 0.2) is 48.5 Å². The fourth-order valence-corrected chi connectivity index (χ4v) is 3.49. The van der Waals surface area contributed by atoms with Gasteiger partial charge in [0.05, 0.1) is 0 Å². The van der Waals surface area contributed by atoms with Crippen molar-refractivity contribution in [3.8, 4) is 5.75 Å². The van der Waals surface area contributed by atoms with Gasteiger partial charge in [-0.1, -0.05) is 35.9 Å². The minimum Gasteiger partial charge on any atom is -0.491 e. The molecule has 3 rings (SSSR count). The summed E-state index contributed by atoms with van der Waals surface area (Å²) < 4.78 is 5.75. The first-order valence-corrected chi connectivity index (χ1v) is 10.2. The highest BCUT2D eigenvalue weighted by Crippen LogP contribution is 2.14. The Kier molecular flexibility index (Phi) is 8.13. The summed E-state index contributed by atoms with van der Waals surface area (Å²) in [5.74, 6) is 0.788. The van der Waals surface area contributed by atoms with Crippen molar-refractivity contribution in [1.82, 2.24) is 15.1 Å². The van der Waals surface area contributed by atoms with Gasteiger partial charge >= 0.3 is 0 Å². The summed E-state index contributed by atoms with van der Waals surface area (Å²) in [6.45, 7) is 6.66.